The lowest BCUT2D eigenvalue weighted by Gasteiger charge is -2.07. The molecule has 2 rings (SSSR count). The molecule has 0 spiro atoms. The number of hydrogen-bond donors (Lipinski definition) is 2. The van der Waals surface area contributed by atoms with Gasteiger partial charge in [0, 0.05) is 4.47 Å². The zero-order chi connectivity index (χ0) is 15.4. The van der Waals surface area contributed by atoms with Crippen LogP contribution in [0.5, 0.6) is 0 Å². The van der Waals surface area contributed by atoms with Crippen molar-refractivity contribution in [1.82, 2.24) is 15.0 Å². The maximum absolute atomic E-state index is 11.9. The van der Waals surface area contributed by atoms with E-state index >= 15 is 0 Å². The van der Waals surface area contributed by atoms with Crippen molar-refractivity contribution >= 4 is 39.1 Å². The summed E-state index contributed by atoms with van der Waals surface area (Å²) in [5, 5.41) is 20.4. The second kappa shape index (κ2) is 7.02. The predicted octanol–water partition coefficient (Wildman–Crippen LogP) is 2.78. The summed E-state index contributed by atoms with van der Waals surface area (Å²) < 4.78 is 2.20. The van der Waals surface area contributed by atoms with Gasteiger partial charge in [-0.3, -0.25) is 4.79 Å². The lowest BCUT2D eigenvalue weighted by atomic mass is 10.2. The summed E-state index contributed by atoms with van der Waals surface area (Å²) in [6.07, 6.45) is 1.43. The maximum Gasteiger partial charge on any atom is 0.246 e. The summed E-state index contributed by atoms with van der Waals surface area (Å²) in [6.45, 7) is 1.84. The van der Waals surface area contributed by atoms with Crippen molar-refractivity contribution in [3.8, 4) is 0 Å². The first-order valence-corrected chi connectivity index (χ1v) is 7.49. The van der Waals surface area contributed by atoms with Crippen LogP contribution < -0.4 is 5.32 Å². The summed E-state index contributed by atoms with van der Waals surface area (Å²) in [5.41, 5.74) is 0.978. The monoisotopic (exact) mass is 372 g/mol. The molecule has 112 valence electrons. The number of aliphatic hydroxyl groups excluding tert-OH is 1. The van der Waals surface area contributed by atoms with Crippen molar-refractivity contribution in [2.45, 2.75) is 26.0 Å². The van der Waals surface area contributed by atoms with Crippen LogP contribution in [0.4, 0.5) is 5.69 Å². The van der Waals surface area contributed by atoms with E-state index in [0.29, 0.717) is 22.8 Å². The number of rotatable bonds is 5. The molecule has 1 aromatic heterocycles. The average Bonchev–Trinajstić information content (AvgIpc) is 2.89. The van der Waals surface area contributed by atoms with Crippen LogP contribution in [0, 0.1) is 0 Å². The minimum absolute atomic E-state index is 0.00414. The molecule has 0 aliphatic carbocycles. The molecule has 0 aliphatic rings. The van der Waals surface area contributed by atoms with Gasteiger partial charge in [-0.15, -0.1) is 5.10 Å². The summed E-state index contributed by atoms with van der Waals surface area (Å²) in [5.74, 6) is -0.276. The van der Waals surface area contributed by atoms with Gasteiger partial charge in [-0.2, -0.15) is 0 Å². The van der Waals surface area contributed by atoms with E-state index < -0.39 is 6.10 Å². The SMILES string of the molecule is CCC(O)c1cn(CC(=O)Nc2ccc(Br)cc2Cl)nn1. The largest absolute Gasteiger partial charge is 0.387 e. The van der Waals surface area contributed by atoms with Crippen molar-refractivity contribution in [2.75, 3.05) is 5.32 Å². The van der Waals surface area contributed by atoms with Crippen molar-refractivity contribution in [1.29, 1.82) is 0 Å². The number of halogens is 2. The normalized spacial score (nSPS) is 12.2. The zero-order valence-electron chi connectivity index (χ0n) is 11.3. The first kappa shape index (κ1) is 15.9. The number of nitrogens with zero attached hydrogens (tertiary/aromatic N) is 3. The van der Waals surface area contributed by atoms with Crippen LogP contribution in [0.3, 0.4) is 0 Å². The quantitative estimate of drug-likeness (QED) is 0.844. The second-order valence-electron chi connectivity index (χ2n) is 4.44. The molecule has 0 saturated heterocycles. The van der Waals surface area contributed by atoms with E-state index in [2.05, 4.69) is 31.6 Å². The van der Waals surface area contributed by atoms with Crippen LogP contribution in [0.2, 0.25) is 5.02 Å². The van der Waals surface area contributed by atoms with Gasteiger partial charge in [-0.25, -0.2) is 4.68 Å². The molecule has 0 fully saturated rings. The highest BCUT2D eigenvalue weighted by atomic mass is 79.9. The number of nitrogens with one attached hydrogen (secondary N) is 1. The maximum atomic E-state index is 11.9. The Labute approximate surface area is 135 Å². The smallest absolute Gasteiger partial charge is 0.246 e. The Balaban J connectivity index is 2.00. The number of amides is 1. The molecule has 2 aromatic rings. The van der Waals surface area contributed by atoms with Gasteiger partial charge in [0.25, 0.3) is 0 Å². The van der Waals surface area contributed by atoms with Gasteiger partial charge < -0.3 is 10.4 Å². The summed E-state index contributed by atoms with van der Waals surface area (Å²) in [4.78, 5) is 11.9. The number of hydrogen-bond acceptors (Lipinski definition) is 4. The molecule has 1 atom stereocenters. The lowest BCUT2D eigenvalue weighted by molar-refractivity contribution is -0.116. The first-order chi connectivity index (χ1) is 9.99. The summed E-state index contributed by atoms with van der Waals surface area (Å²) in [6, 6.07) is 5.19. The fraction of sp³-hybridized carbons (Fsp3) is 0.308. The fourth-order valence-corrected chi connectivity index (χ4v) is 2.40. The Kier molecular flexibility index (Phi) is 5.33. The standard InChI is InChI=1S/C13H14BrClN4O2/c1-2-12(20)11-6-19(18-17-11)7-13(21)16-10-4-3-8(14)5-9(10)15/h3-6,12,20H,2,7H2,1H3,(H,16,21). The number of carbonyl (C=O) groups is 1. The Morgan fingerprint density at radius 1 is 1.57 bits per heavy atom. The molecule has 2 N–H and O–H groups in total. The van der Waals surface area contributed by atoms with E-state index in [1.165, 1.54) is 4.68 Å². The lowest BCUT2D eigenvalue weighted by Crippen LogP contribution is -2.19. The van der Waals surface area contributed by atoms with Crippen LogP contribution in [0.25, 0.3) is 0 Å². The molecular weight excluding hydrogens is 360 g/mol. The van der Waals surface area contributed by atoms with Gasteiger partial charge in [0.05, 0.1) is 23.0 Å². The highest BCUT2D eigenvalue weighted by molar-refractivity contribution is 9.10. The van der Waals surface area contributed by atoms with Crippen LogP contribution in [0.15, 0.2) is 28.9 Å². The summed E-state index contributed by atoms with van der Waals surface area (Å²) in [7, 11) is 0. The molecule has 8 heteroatoms. The third-order valence-corrected chi connectivity index (χ3v) is 3.60. The molecule has 0 bridgehead atoms. The second-order valence-corrected chi connectivity index (χ2v) is 5.76. The topological polar surface area (TPSA) is 80.0 Å². The van der Waals surface area contributed by atoms with E-state index in [0.717, 1.165) is 4.47 Å². The third-order valence-electron chi connectivity index (χ3n) is 2.80. The summed E-state index contributed by atoms with van der Waals surface area (Å²) >= 11 is 9.32. The molecular formula is C13H14BrClN4O2. The molecule has 6 nitrogen and oxygen atoms in total. The predicted molar refractivity (Wildman–Crippen MR) is 83.1 cm³/mol. The first-order valence-electron chi connectivity index (χ1n) is 6.32. The van der Waals surface area contributed by atoms with Gasteiger partial charge in [0.15, 0.2) is 0 Å². The van der Waals surface area contributed by atoms with Gasteiger partial charge in [-0.1, -0.05) is 39.7 Å². The van der Waals surface area contributed by atoms with Crippen molar-refractivity contribution in [3.63, 3.8) is 0 Å². The number of aromatic nitrogens is 3. The van der Waals surface area contributed by atoms with Crippen molar-refractivity contribution in [3.05, 3.63) is 39.6 Å². The Morgan fingerprint density at radius 3 is 3.00 bits per heavy atom. The van der Waals surface area contributed by atoms with Crippen LogP contribution in [-0.2, 0) is 11.3 Å². The molecule has 1 unspecified atom stereocenters. The van der Waals surface area contributed by atoms with E-state index in [-0.39, 0.29) is 12.5 Å². The van der Waals surface area contributed by atoms with Crippen LogP contribution in [0.1, 0.15) is 25.1 Å². The molecule has 1 heterocycles. The van der Waals surface area contributed by atoms with E-state index in [9.17, 15) is 9.90 Å². The van der Waals surface area contributed by atoms with E-state index in [4.69, 9.17) is 11.6 Å². The number of carbonyl (C=O) groups excluding carboxylic acids is 1. The van der Waals surface area contributed by atoms with Crippen LogP contribution in [-0.4, -0.2) is 26.0 Å². The highest BCUT2D eigenvalue weighted by Gasteiger charge is 2.12. The Morgan fingerprint density at radius 2 is 2.33 bits per heavy atom. The zero-order valence-corrected chi connectivity index (χ0v) is 13.6. The van der Waals surface area contributed by atoms with Crippen molar-refractivity contribution in [2.24, 2.45) is 0 Å². The minimum atomic E-state index is -0.664. The fourth-order valence-electron chi connectivity index (χ4n) is 1.68. The Bertz CT molecular complexity index is 647. The van der Waals surface area contributed by atoms with E-state index in [1.54, 1.807) is 24.4 Å². The van der Waals surface area contributed by atoms with Crippen LogP contribution >= 0.6 is 27.5 Å². The molecule has 1 amide bonds. The molecule has 0 aliphatic heterocycles. The van der Waals surface area contributed by atoms with Gasteiger partial charge in [-0.05, 0) is 24.6 Å². The van der Waals surface area contributed by atoms with E-state index in [1.807, 2.05) is 6.92 Å². The number of benzene rings is 1. The molecule has 21 heavy (non-hydrogen) atoms. The molecule has 0 radical (unpaired) electrons. The average molecular weight is 374 g/mol. The van der Waals surface area contributed by atoms with Gasteiger partial charge in [0.1, 0.15) is 12.2 Å². The number of aliphatic hydroxyl groups is 1. The highest BCUT2D eigenvalue weighted by Crippen LogP contribution is 2.25. The third kappa shape index (κ3) is 4.26. The van der Waals surface area contributed by atoms with Crippen molar-refractivity contribution < 1.29 is 9.90 Å². The Hall–Kier alpha value is -1.44. The van der Waals surface area contributed by atoms with Gasteiger partial charge >= 0.3 is 0 Å². The molecule has 1 aromatic carbocycles. The number of anilines is 1. The molecule has 0 saturated carbocycles. The minimum Gasteiger partial charge on any atom is -0.387 e. The van der Waals surface area contributed by atoms with Gasteiger partial charge in [0.2, 0.25) is 5.91 Å².